The van der Waals surface area contributed by atoms with Crippen molar-refractivity contribution in [3.8, 4) is 5.88 Å². The fourth-order valence-electron chi connectivity index (χ4n) is 1.40. The molecule has 0 amide bonds. The standard InChI is InChI=1S/C11H19N3O/c1-3-14(9-8-12)10-6-5-7-11(13-10)15-4-2/h5-7H,3-4,8-9,12H2,1-2H3. The molecule has 0 aliphatic carbocycles. The molecule has 0 bridgehead atoms. The van der Waals surface area contributed by atoms with Gasteiger partial charge in [-0.1, -0.05) is 6.07 Å². The summed E-state index contributed by atoms with van der Waals surface area (Å²) in [7, 11) is 0. The number of rotatable bonds is 6. The van der Waals surface area contributed by atoms with Gasteiger partial charge in [-0.15, -0.1) is 0 Å². The van der Waals surface area contributed by atoms with Gasteiger partial charge in [-0.05, 0) is 19.9 Å². The van der Waals surface area contributed by atoms with Crippen molar-refractivity contribution in [3.63, 3.8) is 0 Å². The molecule has 0 spiro atoms. The van der Waals surface area contributed by atoms with Crippen LogP contribution in [0.1, 0.15) is 13.8 Å². The average molecular weight is 209 g/mol. The Hall–Kier alpha value is -1.29. The Morgan fingerprint density at radius 3 is 2.80 bits per heavy atom. The molecular weight excluding hydrogens is 190 g/mol. The topological polar surface area (TPSA) is 51.4 Å². The van der Waals surface area contributed by atoms with Crippen LogP contribution in [-0.4, -0.2) is 31.2 Å². The molecule has 0 saturated heterocycles. The SMILES string of the molecule is CCOc1cccc(N(CC)CCN)n1. The van der Waals surface area contributed by atoms with Gasteiger partial charge in [0.1, 0.15) is 5.82 Å². The molecule has 0 unspecified atom stereocenters. The van der Waals surface area contributed by atoms with Crippen LogP contribution in [0.3, 0.4) is 0 Å². The van der Waals surface area contributed by atoms with E-state index < -0.39 is 0 Å². The predicted octanol–water partition coefficient (Wildman–Crippen LogP) is 1.27. The molecule has 4 heteroatoms. The summed E-state index contributed by atoms with van der Waals surface area (Å²) in [6.07, 6.45) is 0. The van der Waals surface area contributed by atoms with Gasteiger partial charge in [-0.2, -0.15) is 4.98 Å². The van der Waals surface area contributed by atoms with E-state index in [-0.39, 0.29) is 0 Å². The van der Waals surface area contributed by atoms with Crippen LogP contribution in [0.2, 0.25) is 0 Å². The van der Waals surface area contributed by atoms with E-state index in [1.54, 1.807) is 0 Å². The fraction of sp³-hybridized carbons (Fsp3) is 0.545. The number of ether oxygens (including phenoxy) is 1. The third-order valence-electron chi connectivity index (χ3n) is 2.11. The van der Waals surface area contributed by atoms with E-state index in [1.165, 1.54) is 0 Å². The second-order valence-corrected chi connectivity index (χ2v) is 3.14. The lowest BCUT2D eigenvalue weighted by Gasteiger charge is -2.21. The first-order valence-electron chi connectivity index (χ1n) is 5.36. The summed E-state index contributed by atoms with van der Waals surface area (Å²) >= 11 is 0. The van der Waals surface area contributed by atoms with Crippen molar-refractivity contribution in [2.24, 2.45) is 5.73 Å². The van der Waals surface area contributed by atoms with Gasteiger partial charge in [0.05, 0.1) is 6.61 Å². The molecule has 0 aliphatic rings. The zero-order valence-corrected chi connectivity index (χ0v) is 9.44. The van der Waals surface area contributed by atoms with Gasteiger partial charge in [0, 0.05) is 25.7 Å². The van der Waals surface area contributed by atoms with Crippen molar-refractivity contribution >= 4 is 5.82 Å². The number of nitrogens with two attached hydrogens (primary N) is 1. The van der Waals surface area contributed by atoms with Gasteiger partial charge in [-0.3, -0.25) is 0 Å². The maximum Gasteiger partial charge on any atom is 0.215 e. The maximum atomic E-state index is 5.54. The number of hydrogen-bond donors (Lipinski definition) is 1. The lowest BCUT2D eigenvalue weighted by atomic mass is 10.4. The molecule has 1 heterocycles. The van der Waals surface area contributed by atoms with Gasteiger partial charge in [-0.25, -0.2) is 0 Å². The van der Waals surface area contributed by atoms with Crippen LogP contribution in [-0.2, 0) is 0 Å². The maximum absolute atomic E-state index is 5.54. The fourth-order valence-corrected chi connectivity index (χ4v) is 1.40. The van der Waals surface area contributed by atoms with Crippen LogP contribution in [0.4, 0.5) is 5.82 Å². The quantitative estimate of drug-likeness (QED) is 0.766. The molecule has 0 saturated carbocycles. The molecule has 0 atom stereocenters. The Bertz CT molecular complexity index is 291. The summed E-state index contributed by atoms with van der Waals surface area (Å²) in [4.78, 5) is 6.53. The number of hydrogen-bond acceptors (Lipinski definition) is 4. The number of pyridine rings is 1. The second-order valence-electron chi connectivity index (χ2n) is 3.14. The molecule has 0 aliphatic heterocycles. The van der Waals surface area contributed by atoms with Crippen LogP contribution < -0.4 is 15.4 Å². The molecule has 0 aromatic carbocycles. The lowest BCUT2D eigenvalue weighted by Crippen LogP contribution is -2.29. The summed E-state index contributed by atoms with van der Waals surface area (Å²) in [6.45, 7) is 7.03. The molecule has 1 aromatic rings. The molecule has 1 aromatic heterocycles. The van der Waals surface area contributed by atoms with Crippen molar-refractivity contribution in [1.82, 2.24) is 4.98 Å². The van der Waals surface area contributed by atoms with E-state index in [4.69, 9.17) is 10.5 Å². The molecule has 4 nitrogen and oxygen atoms in total. The molecule has 2 N–H and O–H groups in total. The number of aromatic nitrogens is 1. The molecule has 15 heavy (non-hydrogen) atoms. The van der Waals surface area contributed by atoms with E-state index in [1.807, 2.05) is 25.1 Å². The van der Waals surface area contributed by atoms with Gasteiger partial charge >= 0.3 is 0 Å². The van der Waals surface area contributed by atoms with E-state index in [0.29, 0.717) is 19.0 Å². The summed E-state index contributed by atoms with van der Waals surface area (Å²) in [5, 5.41) is 0. The van der Waals surface area contributed by atoms with Crippen LogP contribution in [0.15, 0.2) is 18.2 Å². The first-order valence-corrected chi connectivity index (χ1v) is 5.36. The number of likely N-dealkylation sites (N-methyl/N-ethyl adjacent to an activating group) is 1. The third-order valence-corrected chi connectivity index (χ3v) is 2.11. The first-order chi connectivity index (χ1) is 7.31. The van der Waals surface area contributed by atoms with Crippen LogP contribution in [0.25, 0.3) is 0 Å². The Morgan fingerprint density at radius 2 is 2.20 bits per heavy atom. The minimum Gasteiger partial charge on any atom is -0.478 e. The van der Waals surface area contributed by atoms with E-state index in [9.17, 15) is 0 Å². The molecular formula is C11H19N3O. The smallest absolute Gasteiger partial charge is 0.215 e. The van der Waals surface area contributed by atoms with Gasteiger partial charge in [0.15, 0.2) is 0 Å². The monoisotopic (exact) mass is 209 g/mol. The third kappa shape index (κ3) is 3.40. The van der Waals surface area contributed by atoms with Crippen LogP contribution >= 0.6 is 0 Å². The van der Waals surface area contributed by atoms with Gasteiger partial charge in [0.25, 0.3) is 0 Å². The number of nitrogens with zero attached hydrogens (tertiary/aromatic N) is 2. The van der Waals surface area contributed by atoms with Crippen molar-refractivity contribution in [2.45, 2.75) is 13.8 Å². The van der Waals surface area contributed by atoms with Crippen molar-refractivity contribution in [3.05, 3.63) is 18.2 Å². The van der Waals surface area contributed by atoms with E-state index >= 15 is 0 Å². The zero-order valence-electron chi connectivity index (χ0n) is 9.44. The molecule has 84 valence electrons. The second kappa shape index (κ2) is 6.24. The summed E-state index contributed by atoms with van der Waals surface area (Å²) in [5.41, 5.74) is 5.54. The van der Waals surface area contributed by atoms with Crippen molar-refractivity contribution in [2.75, 3.05) is 31.1 Å². The van der Waals surface area contributed by atoms with Crippen LogP contribution in [0.5, 0.6) is 5.88 Å². The van der Waals surface area contributed by atoms with E-state index in [2.05, 4.69) is 16.8 Å². The zero-order chi connectivity index (χ0) is 11.1. The highest BCUT2D eigenvalue weighted by atomic mass is 16.5. The molecule has 0 radical (unpaired) electrons. The Labute approximate surface area is 91.1 Å². The van der Waals surface area contributed by atoms with E-state index in [0.717, 1.165) is 18.9 Å². The lowest BCUT2D eigenvalue weighted by molar-refractivity contribution is 0.327. The highest BCUT2D eigenvalue weighted by Crippen LogP contribution is 2.15. The average Bonchev–Trinajstić information content (AvgIpc) is 2.27. The summed E-state index contributed by atoms with van der Waals surface area (Å²) in [5.74, 6) is 1.60. The van der Waals surface area contributed by atoms with Crippen molar-refractivity contribution in [1.29, 1.82) is 0 Å². The minimum atomic E-state index is 0.633. The normalized spacial score (nSPS) is 10.1. The Kier molecular flexibility index (Phi) is 4.90. The van der Waals surface area contributed by atoms with Crippen molar-refractivity contribution < 1.29 is 4.74 Å². The summed E-state index contributed by atoms with van der Waals surface area (Å²) < 4.78 is 5.35. The largest absolute Gasteiger partial charge is 0.478 e. The highest BCUT2D eigenvalue weighted by Gasteiger charge is 2.05. The minimum absolute atomic E-state index is 0.633. The molecule has 0 fully saturated rings. The summed E-state index contributed by atoms with van der Waals surface area (Å²) in [6, 6.07) is 5.79. The highest BCUT2D eigenvalue weighted by molar-refractivity contribution is 5.40. The van der Waals surface area contributed by atoms with Crippen LogP contribution in [0, 0.1) is 0 Å². The Morgan fingerprint density at radius 1 is 1.40 bits per heavy atom. The van der Waals surface area contributed by atoms with Gasteiger partial charge < -0.3 is 15.4 Å². The molecule has 1 rings (SSSR count). The predicted molar refractivity (Wildman–Crippen MR) is 62.3 cm³/mol. The first kappa shape index (κ1) is 11.8. The van der Waals surface area contributed by atoms with Gasteiger partial charge in [0.2, 0.25) is 5.88 Å². The Balaban J connectivity index is 2.77. The number of anilines is 1.